The lowest BCUT2D eigenvalue weighted by Gasteiger charge is -2.25. The van der Waals surface area contributed by atoms with Gasteiger partial charge in [-0.15, -0.1) is 0 Å². The molecule has 0 N–H and O–H groups in total. The van der Waals surface area contributed by atoms with Crippen LogP contribution in [0.2, 0.25) is 0 Å². The van der Waals surface area contributed by atoms with Crippen molar-refractivity contribution in [3.05, 3.63) is 182 Å². The van der Waals surface area contributed by atoms with Crippen LogP contribution in [0.3, 0.4) is 0 Å². The first-order valence-electron chi connectivity index (χ1n) is 16.0. The van der Waals surface area contributed by atoms with Crippen LogP contribution in [0.1, 0.15) is 0 Å². The zero-order chi connectivity index (χ0) is 30.5. The molecule has 0 unspecified atom stereocenters. The standard InChI is InChI=1S/C46H30/c1-5-17-31(18-6-1)41-37-27-15-16-28-38(37)42(32-19-7-2-8-20-32)46-44(34-23-11-4-12-24-34)40-30-36-26-14-13-25-35(36)29-39(40)43(45(41)46)33-21-9-3-10-22-33/h1-30H. The molecule has 0 atom stereocenters. The molecule has 0 heterocycles. The molecule has 0 aliphatic heterocycles. The summed E-state index contributed by atoms with van der Waals surface area (Å²) in [6.45, 7) is 0. The largest absolute Gasteiger partial charge is 0.0622 e. The van der Waals surface area contributed by atoms with E-state index in [4.69, 9.17) is 0 Å². The highest BCUT2D eigenvalue weighted by atomic mass is 14.3. The van der Waals surface area contributed by atoms with Gasteiger partial charge in [0.15, 0.2) is 0 Å². The molecule has 9 rings (SSSR count). The first-order chi connectivity index (χ1) is 22.9. The summed E-state index contributed by atoms with van der Waals surface area (Å²) in [6.07, 6.45) is 0. The van der Waals surface area contributed by atoms with E-state index in [2.05, 4.69) is 182 Å². The van der Waals surface area contributed by atoms with Crippen LogP contribution in [-0.2, 0) is 0 Å². The van der Waals surface area contributed by atoms with Gasteiger partial charge >= 0.3 is 0 Å². The Bertz CT molecular complexity index is 2350. The first-order valence-corrected chi connectivity index (χ1v) is 16.0. The predicted molar refractivity (Wildman–Crippen MR) is 198 cm³/mol. The number of benzene rings is 9. The second-order valence-corrected chi connectivity index (χ2v) is 12.0. The van der Waals surface area contributed by atoms with Gasteiger partial charge in [-0.25, -0.2) is 0 Å². The van der Waals surface area contributed by atoms with Gasteiger partial charge in [-0.3, -0.25) is 0 Å². The minimum Gasteiger partial charge on any atom is -0.0622 e. The van der Waals surface area contributed by atoms with Gasteiger partial charge in [0.1, 0.15) is 0 Å². The Kier molecular flexibility index (Phi) is 6.25. The molecule has 0 aromatic heterocycles. The quantitative estimate of drug-likeness (QED) is 0.181. The van der Waals surface area contributed by atoms with Crippen molar-refractivity contribution in [2.75, 3.05) is 0 Å². The summed E-state index contributed by atoms with van der Waals surface area (Å²) >= 11 is 0. The van der Waals surface area contributed by atoms with Gasteiger partial charge in [0.05, 0.1) is 0 Å². The minimum absolute atomic E-state index is 1.22. The highest BCUT2D eigenvalue weighted by Crippen LogP contribution is 2.53. The lowest BCUT2D eigenvalue weighted by molar-refractivity contribution is 1.63. The molecule has 0 spiro atoms. The normalized spacial score (nSPS) is 11.5. The van der Waals surface area contributed by atoms with Gasteiger partial charge < -0.3 is 0 Å². The topological polar surface area (TPSA) is 0 Å². The van der Waals surface area contributed by atoms with Crippen LogP contribution < -0.4 is 0 Å². The average molecular weight is 583 g/mol. The molecule has 0 bridgehead atoms. The first kappa shape index (κ1) is 26.4. The van der Waals surface area contributed by atoms with Gasteiger partial charge in [0.25, 0.3) is 0 Å². The summed E-state index contributed by atoms with van der Waals surface area (Å²) in [5, 5.41) is 10.1. The Labute approximate surface area is 268 Å². The monoisotopic (exact) mass is 582 g/mol. The maximum atomic E-state index is 2.42. The molecule has 9 aromatic carbocycles. The van der Waals surface area contributed by atoms with E-state index in [-0.39, 0.29) is 0 Å². The van der Waals surface area contributed by atoms with E-state index in [9.17, 15) is 0 Å². The Balaban J connectivity index is 1.69. The molecule has 0 heteroatoms. The molecular formula is C46H30. The van der Waals surface area contributed by atoms with Crippen molar-refractivity contribution in [3.63, 3.8) is 0 Å². The Morgan fingerprint density at radius 3 is 0.804 bits per heavy atom. The van der Waals surface area contributed by atoms with E-state index in [0.717, 1.165) is 0 Å². The summed E-state index contributed by atoms with van der Waals surface area (Å²) in [5.41, 5.74) is 9.99. The van der Waals surface area contributed by atoms with E-state index < -0.39 is 0 Å². The van der Waals surface area contributed by atoms with Crippen molar-refractivity contribution in [2.24, 2.45) is 0 Å². The summed E-state index contributed by atoms with van der Waals surface area (Å²) in [4.78, 5) is 0. The van der Waals surface area contributed by atoms with Crippen LogP contribution in [0.4, 0.5) is 0 Å². The van der Waals surface area contributed by atoms with E-state index >= 15 is 0 Å². The van der Waals surface area contributed by atoms with Crippen LogP contribution in [0.25, 0.3) is 87.6 Å². The van der Waals surface area contributed by atoms with Gasteiger partial charge in [0, 0.05) is 0 Å². The molecule has 214 valence electrons. The second kappa shape index (κ2) is 10.9. The Hall–Kier alpha value is -5.98. The molecule has 0 fully saturated rings. The van der Waals surface area contributed by atoms with Gasteiger partial charge in [0.2, 0.25) is 0 Å². The van der Waals surface area contributed by atoms with Crippen LogP contribution >= 0.6 is 0 Å². The zero-order valence-electron chi connectivity index (χ0n) is 25.3. The summed E-state index contributed by atoms with van der Waals surface area (Å²) < 4.78 is 0. The lowest BCUT2D eigenvalue weighted by atomic mass is 9.77. The molecular weight excluding hydrogens is 553 g/mol. The maximum Gasteiger partial charge on any atom is -0.000139 e. The van der Waals surface area contributed by atoms with Crippen molar-refractivity contribution in [2.45, 2.75) is 0 Å². The van der Waals surface area contributed by atoms with Crippen LogP contribution in [0.5, 0.6) is 0 Å². The van der Waals surface area contributed by atoms with Crippen LogP contribution in [0, 0.1) is 0 Å². The summed E-state index contributed by atoms with van der Waals surface area (Å²) in [7, 11) is 0. The number of hydrogen-bond acceptors (Lipinski definition) is 0. The van der Waals surface area contributed by atoms with Crippen molar-refractivity contribution in [1.29, 1.82) is 0 Å². The van der Waals surface area contributed by atoms with E-state index in [1.165, 1.54) is 87.6 Å². The molecule has 0 aliphatic rings. The van der Waals surface area contributed by atoms with E-state index in [1.54, 1.807) is 0 Å². The third-order valence-corrected chi connectivity index (χ3v) is 9.39. The summed E-state index contributed by atoms with van der Waals surface area (Å²) in [6, 6.07) is 66.6. The molecule has 0 amide bonds. The van der Waals surface area contributed by atoms with Crippen molar-refractivity contribution in [1.82, 2.24) is 0 Å². The number of rotatable bonds is 4. The third kappa shape index (κ3) is 4.15. The lowest BCUT2D eigenvalue weighted by Crippen LogP contribution is -1.98. The molecule has 0 saturated heterocycles. The molecule has 0 saturated carbocycles. The molecule has 0 aliphatic carbocycles. The van der Waals surface area contributed by atoms with Crippen molar-refractivity contribution < 1.29 is 0 Å². The Morgan fingerprint density at radius 1 is 0.217 bits per heavy atom. The zero-order valence-corrected chi connectivity index (χ0v) is 25.3. The molecule has 9 aromatic rings. The molecule has 46 heavy (non-hydrogen) atoms. The Morgan fingerprint density at radius 2 is 0.478 bits per heavy atom. The van der Waals surface area contributed by atoms with Gasteiger partial charge in [-0.05, 0) is 99.7 Å². The van der Waals surface area contributed by atoms with Gasteiger partial charge in [-0.2, -0.15) is 0 Å². The smallest absolute Gasteiger partial charge is 0.000139 e. The highest BCUT2D eigenvalue weighted by molar-refractivity contribution is 6.34. The fraction of sp³-hybridized carbons (Fsp3) is 0. The van der Waals surface area contributed by atoms with Crippen molar-refractivity contribution in [3.8, 4) is 44.5 Å². The number of fused-ring (bicyclic) bond motifs is 4. The van der Waals surface area contributed by atoms with Crippen LogP contribution in [0.15, 0.2) is 182 Å². The second-order valence-electron chi connectivity index (χ2n) is 12.0. The van der Waals surface area contributed by atoms with Gasteiger partial charge in [-0.1, -0.05) is 170 Å². The fourth-order valence-corrected chi connectivity index (χ4v) is 7.48. The number of hydrogen-bond donors (Lipinski definition) is 0. The molecule has 0 nitrogen and oxygen atoms in total. The fourth-order valence-electron chi connectivity index (χ4n) is 7.48. The van der Waals surface area contributed by atoms with Crippen LogP contribution in [-0.4, -0.2) is 0 Å². The molecule has 0 radical (unpaired) electrons. The third-order valence-electron chi connectivity index (χ3n) is 9.39. The van der Waals surface area contributed by atoms with Crippen molar-refractivity contribution >= 4 is 43.1 Å². The minimum atomic E-state index is 1.22. The highest BCUT2D eigenvalue weighted by Gasteiger charge is 2.26. The maximum absolute atomic E-state index is 2.42. The van der Waals surface area contributed by atoms with E-state index in [0.29, 0.717) is 0 Å². The summed E-state index contributed by atoms with van der Waals surface area (Å²) in [5.74, 6) is 0. The SMILES string of the molecule is c1ccc(-c2c3ccccc3c(-c3ccccc3)c3c(-c4ccccc4)c4cc5ccccc5cc4c(-c4ccccc4)c23)cc1. The van der Waals surface area contributed by atoms with E-state index in [1.807, 2.05) is 0 Å². The predicted octanol–water partition coefficient (Wildman–Crippen LogP) is 13.0. The average Bonchev–Trinajstić information content (AvgIpc) is 3.13.